The number of unbranched alkanes of at least 4 members (excludes halogenated alkanes) is 3. The fourth-order valence-corrected chi connectivity index (χ4v) is 3.42. The third-order valence-electron chi connectivity index (χ3n) is 3.99. The van der Waals surface area contributed by atoms with Crippen LogP contribution < -0.4 is 0 Å². The summed E-state index contributed by atoms with van der Waals surface area (Å²) in [6, 6.07) is 0. The van der Waals surface area contributed by atoms with Crippen molar-refractivity contribution in [3.05, 3.63) is 12.2 Å². The number of hydrogen-bond donors (Lipinski definition) is 0. The summed E-state index contributed by atoms with van der Waals surface area (Å²) in [5.74, 6) is 2.59. The Labute approximate surface area is 143 Å². The van der Waals surface area contributed by atoms with Gasteiger partial charge in [0.2, 0.25) is 0 Å². The molecule has 1 nitrogen and oxygen atoms in total. The van der Waals surface area contributed by atoms with Crippen LogP contribution in [0.4, 0.5) is 0 Å². The lowest BCUT2D eigenvalue weighted by atomic mass is 9.98. The Hall–Kier alpha value is -0.240. The summed E-state index contributed by atoms with van der Waals surface area (Å²) in [6.07, 6.45) is 16.2. The van der Waals surface area contributed by atoms with E-state index in [1.165, 1.54) is 44.9 Å². The summed E-state index contributed by atoms with van der Waals surface area (Å²) in [6.45, 7) is 9.12. The predicted molar refractivity (Wildman–Crippen MR) is 102 cm³/mol. The standard InChI is InChI=1S/C20H38OS/c1-5-6-7-8-9-10-11-15-20(21)22-17-16-19(4)14-12-13-18(2)3/h8-9,18-19H,5-7,10-17H2,1-4H3. The van der Waals surface area contributed by atoms with Gasteiger partial charge in [0.1, 0.15) is 0 Å². The second-order valence-electron chi connectivity index (χ2n) is 6.94. The van der Waals surface area contributed by atoms with Gasteiger partial charge >= 0.3 is 0 Å². The molecular formula is C20H38OS. The van der Waals surface area contributed by atoms with Crippen molar-refractivity contribution in [1.82, 2.24) is 0 Å². The molecule has 1 atom stereocenters. The maximum absolute atomic E-state index is 11.8. The minimum absolute atomic E-state index is 0.385. The van der Waals surface area contributed by atoms with E-state index >= 15 is 0 Å². The van der Waals surface area contributed by atoms with E-state index in [0.717, 1.165) is 36.9 Å². The molecule has 0 amide bonds. The topological polar surface area (TPSA) is 17.1 Å². The molecule has 0 aliphatic heterocycles. The van der Waals surface area contributed by atoms with Crippen LogP contribution in [0, 0.1) is 11.8 Å². The van der Waals surface area contributed by atoms with Crippen LogP contribution in [0.25, 0.3) is 0 Å². The molecule has 0 N–H and O–H groups in total. The van der Waals surface area contributed by atoms with E-state index in [1.807, 2.05) is 0 Å². The normalized spacial score (nSPS) is 13.1. The fraction of sp³-hybridized carbons (Fsp3) is 0.850. The third kappa shape index (κ3) is 16.1. The molecule has 0 saturated heterocycles. The SMILES string of the molecule is CCCCC=CCCCC(=O)SCCC(C)CCCC(C)C. The van der Waals surface area contributed by atoms with Crippen molar-refractivity contribution in [1.29, 1.82) is 0 Å². The number of rotatable bonds is 14. The molecule has 2 heteroatoms. The lowest BCUT2D eigenvalue weighted by Gasteiger charge is -2.11. The van der Waals surface area contributed by atoms with Gasteiger partial charge in [0.15, 0.2) is 5.12 Å². The maximum Gasteiger partial charge on any atom is 0.188 e. The van der Waals surface area contributed by atoms with E-state index in [0.29, 0.717) is 5.12 Å². The zero-order valence-corrected chi connectivity index (χ0v) is 16.2. The molecular weight excluding hydrogens is 288 g/mol. The van der Waals surface area contributed by atoms with E-state index < -0.39 is 0 Å². The zero-order chi connectivity index (χ0) is 16.6. The van der Waals surface area contributed by atoms with Gasteiger partial charge in [0.05, 0.1) is 0 Å². The molecule has 0 rings (SSSR count). The summed E-state index contributed by atoms with van der Waals surface area (Å²) >= 11 is 1.55. The summed E-state index contributed by atoms with van der Waals surface area (Å²) < 4.78 is 0. The Morgan fingerprint density at radius 1 is 0.955 bits per heavy atom. The lowest BCUT2D eigenvalue weighted by molar-refractivity contribution is -0.111. The average molecular weight is 327 g/mol. The van der Waals surface area contributed by atoms with Crippen LogP contribution >= 0.6 is 11.8 Å². The number of carbonyl (C=O) groups excluding carboxylic acids is 1. The molecule has 0 fully saturated rings. The average Bonchev–Trinajstić information content (AvgIpc) is 2.46. The fourth-order valence-electron chi connectivity index (χ4n) is 2.39. The molecule has 0 aliphatic carbocycles. The Morgan fingerprint density at radius 3 is 2.27 bits per heavy atom. The smallest absolute Gasteiger partial charge is 0.188 e. The monoisotopic (exact) mass is 326 g/mol. The van der Waals surface area contributed by atoms with Gasteiger partial charge in [-0.25, -0.2) is 0 Å². The van der Waals surface area contributed by atoms with Crippen molar-refractivity contribution in [2.45, 2.75) is 91.9 Å². The second-order valence-corrected chi connectivity index (χ2v) is 8.10. The molecule has 1 unspecified atom stereocenters. The number of carbonyl (C=O) groups is 1. The zero-order valence-electron chi connectivity index (χ0n) is 15.4. The molecule has 0 spiro atoms. The van der Waals surface area contributed by atoms with Crippen LogP contribution in [0.2, 0.25) is 0 Å². The van der Waals surface area contributed by atoms with Crippen LogP contribution in [-0.2, 0) is 4.79 Å². The van der Waals surface area contributed by atoms with E-state index in [9.17, 15) is 4.79 Å². The first-order chi connectivity index (χ1) is 10.6. The minimum atomic E-state index is 0.385. The minimum Gasteiger partial charge on any atom is -0.287 e. The number of thioether (sulfide) groups is 1. The summed E-state index contributed by atoms with van der Waals surface area (Å²) in [5, 5.41) is 0.385. The molecule has 0 bridgehead atoms. The van der Waals surface area contributed by atoms with Crippen molar-refractivity contribution >= 4 is 16.9 Å². The van der Waals surface area contributed by atoms with E-state index in [-0.39, 0.29) is 0 Å². The summed E-state index contributed by atoms with van der Waals surface area (Å²) in [5.41, 5.74) is 0. The Balaban J connectivity index is 3.43. The first-order valence-corrected chi connectivity index (χ1v) is 10.3. The first kappa shape index (κ1) is 21.8. The number of hydrogen-bond acceptors (Lipinski definition) is 2. The third-order valence-corrected chi connectivity index (χ3v) is 4.96. The van der Waals surface area contributed by atoms with Gasteiger partial charge in [-0.1, -0.05) is 83.7 Å². The maximum atomic E-state index is 11.8. The molecule has 0 saturated carbocycles. The first-order valence-electron chi connectivity index (χ1n) is 9.36. The van der Waals surface area contributed by atoms with Crippen LogP contribution in [0.1, 0.15) is 91.9 Å². The molecule has 0 heterocycles. The van der Waals surface area contributed by atoms with E-state index in [2.05, 4.69) is 39.8 Å². The lowest BCUT2D eigenvalue weighted by Crippen LogP contribution is -2.00. The van der Waals surface area contributed by atoms with Gasteiger partial charge in [-0.2, -0.15) is 0 Å². The van der Waals surface area contributed by atoms with Gasteiger partial charge < -0.3 is 0 Å². The Kier molecular flexibility index (Phi) is 15.5. The van der Waals surface area contributed by atoms with Crippen molar-refractivity contribution in [2.75, 3.05) is 5.75 Å². The predicted octanol–water partition coefficient (Wildman–Crippen LogP) is 7.02. The highest BCUT2D eigenvalue weighted by atomic mass is 32.2. The van der Waals surface area contributed by atoms with E-state index in [1.54, 1.807) is 11.8 Å². The van der Waals surface area contributed by atoms with Crippen LogP contribution in [-0.4, -0.2) is 10.9 Å². The molecule has 0 aromatic heterocycles. The summed E-state index contributed by atoms with van der Waals surface area (Å²) in [7, 11) is 0. The highest BCUT2D eigenvalue weighted by Gasteiger charge is 2.06. The van der Waals surface area contributed by atoms with Crippen molar-refractivity contribution in [3.63, 3.8) is 0 Å². The highest BCUT2D eigenvalue weighted by Crippen LogP contribution is 2.19. The van der Waals surface area contributed by atoms with Gasteiger partial charge in [0.25, 0.3) is 0 Å². The van der Waals surface area contributed by atoms with Crippen LogP contribution in [0.15, 0.2) is 12.2 Å². The molecule has 130 valence electrons. The van der Waals surface area contributed by atoms with Gasteiger partial charge in [-0.3, -0.25) is 4.79 Å². The van der Waals surface area contributed by atoms with Crippen molar-refractivity contribution in [3.8, 4) is 0 Å². The van der Waals surface area contributed by atoms with Gasteiger partial charge in [-0.05, 0) is 37.5 Å². The molecule has 0 aromatic rings. The van der Waals surface area contributed by atoms with Crippen molar-refractivity contribution in [2.24, 2.45) is 11.8 Å². The van der Waals surface area contributed by atoms with Crippen LogP contribution in [0.5, 0.6) is 0 Å². The Bertz CT molecular complexity index is 283. The van der Waals surface area contributed by atoms with Gasteiger partial charge in [-0.15, -0.1) is 0 Å². The largest absolute Gasteiger partial charge is 0.287 e. The summed E-state index contributed by atoms with van der Waals surface area (Å²) in [4.78, 5) is 11.8. The second kappa shape index (κ2) is 15.6. The molecule has 22 heavy (non-hydrogen) atoms. The molecule has 0 radical (unpaired) electrons. The van der Waals surface area contributed by atoms with Crippen molar-refractivity contribution < 1.29 is 4.79 Å². The van der Waals surface area contributed by atoms with Crippen LogP contribution in [0.3, 0.4) is 0 Å². The van der Waals surface area contributed by atoms with Gasteiger partial charge in [0, 0.05) is 12.2 Å². The molecule has 0 aromatic carbocycles. The van der Waals surface area contributed by atoms with E-state index in [4.69, 9.17) is 0 Å². The highest BCUT2D eigenvalue weighted by molar-refractivity contribution is 8.13. The molecule has 0 aliphatic rings. The number of allylic oxidation sites excluding steroid dienone is 2. The Morgan fingerprint density at radius 2 is 1.64 bits per heavy atom. The quantitative estimate of drug-likeness (QED) is 0.252.